The van der Waals surface area contributed by atoms with Gasteiger partial charge in [0.2, 0.25) is 0 Å². The normalized spacial score (nSPS) is 10.8. The summed E-state index contributed by atoms with van der Waals surface area (Å²) < 4.78 is 1.96. The molecule has 4 nitrogen and oxygen atoms in total. The Morgan fingerprint density at radius 3 is 2.50 bits per heavy atom. The molecular formula is C14H15NO3. The lowest BCUT2D eigenvalue weighted by atomic mass is 10.1. The Labute approximate surface area is 105 Å². The summed E-state index contributed by atoms with van der Waals surface area (Å²) in [6.07, 6.45) is 0. The summed E-state index contributed by atoms with van der Waals surface area (Å²) in [7, 11) is 0. The van der Waals surface area contributed by atoms with Crippen LogP contribution in [-0.2, 0) is 11.3 Å². The molecule has 0 radical (unpaired) electrons. The van der Waals surface area contributed by atoms with Crippen LogP contribution < -0.4 is 0 Å². The van der Waals surface area contributed by atoms with Crippen molar-refractivity contribution in [3.63, 3.8) is 0 Å². The number of carboxylic acids is 1. The Morgan fingerprint density at radius 2 is 1.94 bits per heavy atom. The Morgan fingerprint density at radius 1 is 1.28 bits per heavy atom. The molecule has 0 aliphatic heterocycles. The number of carboxylic acid groups (broad SMARTS) is 1. The smallest absolute Gasteiger partial charge is 0.377 e. The van der Waals surface area contributed by atoms with Crippen LogP contribution in [0.25, 0.3) is 10.9 Å². The van der Waals surface area contributed by atoms with Crippen LogP contribution in [0.3, 0.4) is 0 Å². The zero-order valence-corrected chi connectivity index (χ0v) is 10.7. The van der Waals surface area contributed by atoms with Crippen molar-refractivity contribution < 1.29 is 14.7 Å². The fourth-order valence-corrected chi connectivity index (χ4v) is 2.40. The standard InChI is InChI=1S/C14H15NO3/c1-4-15-9(3)12(13(16)14(17)18)10-7-8(2)5-6-11(10)15/h5-7H,4H2,1-3H3,(H,17,18). The van der Waals surface area contributed by atoms with Gasteiger partial charge in [-0.3, -0.25) is 4.79 Å². The summed E-state index contributed by atoms with van der Waals surface area (Å²) in [6, 6.07) is 5.76. The number of aliphatic carboxylic acids is 1. The van der Waals surface area contributed by atoms with Gasteiger partial charge in [0, 0.05) is 23.1 Å². The SMILES string of the molecule is CCn1c(C)c(C(=O)C(=O)O)c2cc(C)ccc21. The van der Waals surface area contributed by atoms with Gasteiger partial charge in [-0.25, -0.2) is 4.79 Å². The summed E-state index contributed by atoms with van der Waals surface area (Å²) in [4.78, 5) is 22.7. The molecule has 0 bridgehead atoms. The van der Waals surface area contributed by atoms with Gasteiger partial charge in [-0.05, 0) is 32.9 Å². The zero-order valence-electron chi connectivity index (χ0n) is 10.7. The number of nitrogens with zero attached hydrogens (tertiary/aromatic N) is 1. The molecule has 1 aromatic heterocycles. The molecular weight excluding hydrogens is 230 g/mol. The van der Waals surface area contributed by atoms with E-state index in [2.05, 4.69) is 0 Å². The average molecular weight is 245 g/mol. The molecule has 0 aliphatic carbocycles. The molecule has 0 saturated carbocycles. The molecule has 4 heteroatoms. The second-order valence-electron chi connectivity index (χ2n) is 4.36. The number of hydrogen-bond donors (Lipinski definition) is 1. The minimum atomic E-state index is -1.41. The van der Waals surface area contributed by atoms with Crippen molar-refractivity contribution in [2.75, 3.05) is 0 Å². The maximum atomic E-state index is 11.8. The lowest BCUT2D eigenvalue weighted by Crippen LogP contribution is -2.14. The molecule has 0 spiro atoms. The molecule has 1 N–H and O–H groups in total. The van der Waals surface area contributed by atoms with E-state index in [1.54, 1.807) is 6.92 Å². The van der Waals surface area contributed by atoms with Gasteiger partial charge in [-0.2, -0.15) is 0 Å². The Balaban J connectivity index is 2.87. The van der Waals surface area contributed by atoms with E-state index in [4.69, 9.17) is 5.11 Å². The molecule has 0 unspecified atom stereocenters. The molecule has 18 heavy (non-hydrogen) atoms. The molecule has 2 rings (SSSR count). The number of aromatic nitrogens is 1. The van der Waals surface area contributed by atoms with Gasteiger partial charge in [-0.15, -0.1) is 0 Å². The number of hydrogen-bond acceptors (Lipinski definition) is 2. The van der Waals surface area contributed by atoms with Crippen LogP contribution in [0, 0.1) is 13.8 Å². The van der Waals surface area contributed by atoms with Crippen molar-refractivity contribution >= 4 is 22.7 Å². The van der Waals surface area contributed by atoms with Crippen LogP contribution in [0.2, 0.25) is 0 Å². The van der Waals surface area contributed by atoms with Crippen molar-refractivity contribution in [1.82, 2.24) is 4.57 Å². The first-order chi connectivity index (χ1) is 8.47. The molecule has 0 aliphatic rings. The Bertz CT molecular complexity index is 653. The van der Waals surface area contributed by atoms with E-state index in [0.717, 1.165) is 16.5 Å². The van der Waals surface area contributed by atoms with Crippen LogP contribution in [0.15, 0.2) is 18.2 Å². The summed E-state index contributed by atoms with van der Waals surface area (Å²) in [5, 5.41) is 9.64. The van der Waals surface area contributed by atoms with Crippen LogP contribution >= 0.6 is 0 Å². The Hall–Kier alpha value is -2.10. The highest BCUT2D eigenvalue weighted by atomic mass is 16.4. The van der Waals surface area contributed by atoms with E-state index < -0.39 is 11.8 Å². The fourth-order valence-electron chi connectivity index (χ4n) is 2.40. The number of ketones is 1. The highest BCUT2D eigenvalue weighted by molar-refractivity contribution is 6.42. The first-order valence-corrected chi connectivity index (χ1v) is 5.84. The van der Waals surface area contributed by atoms with Gasteiger partial charge in [-0.1, -0.05) is 11.6 Å². The van der Waals surface area contributed by atoms with E-state index in [9.17, 15) is 9.59 Å². The predicted octanol–water partition coefficient (Wildman–Crippen LogP) is 2.55. The second-order valence-corrected chi connectivity index (χ2v) is 4.36. The summed E-state index contributed by atoms with van der Waals surface area (Å²) in [5.41, 5.74) is 2.94. The Kier molecular flexibility index (Phi) is 2.95. The van der Waals surface area contributed by atoms with E-state index >= 15 is 0 Å². The van der Waals surface area contributed by atoms with Crippen molar-refractivity contribution in [1.29, 1.82) is 0 Å². The average Bonchev–Trinajstić information content (AvgIpc) is 2.59. The maximum absolute atomic E-state index is 11.8. The van der Waals surface area contributed by atoms with Gasteiger partial charge in [0.05, 0.1) is 5.56 Å². The summed E-state index contributed by atoms with van der Waals surface area (Å²) in [6.45, 7) is 6.39. The molecule has 94 valence electrons. The van der Waals surface area contributed by atoms with Crippen molar-refractivity contribution in [2.45, 2.75) is 27.3 Å². The van der Waals surface area contributed by atoms with E-state index in [1.165, 1.54) is 0 Å². The van der Waals surface area contributed by atoms with Crippen LogP contribution in [0.4, 0.5) is 0 Å². The predicted molar refractivity (Wildman–Crippen MR) is 69.1 cm³/mol. The number of benzene rings is 1. The van der Waals surface area contributed by atoms with Crippen LogP contribution in [0.1, 0.15) is 28.5 Å². The third-order valence-corrected chi connectivity index (χ3v) is 3.22. The van der Waals surface area contributed by atoms with Crippen molar-refractivity contribution in [2.24, 2.45) is 0 Å². The number of fused-ring (bicyclic) bond motifs is 1. The zero-order chi connectivity index (χ0) is 13.4. The molecule has 0 amide bonds. The molecule has 2 aromatic rings. The number of Topliss-reactive ketones (excluding diaryl/α,β-unsaturated/α-hetero) is 1. The third-order valence-electron chi connectivity index (χ3n) is 3.22. The number of carbonyl (C=O) groups is 2. The summed E-state index contributed by atoms with van der Waals surface area (Å²) in [5.74, 6) is -2.25. The van der Waals surface area contributed by atoms with E-state index in [0.29, 0.717) is 17.8 Å². The van der Waals surface area contributed by atoms with Crippen molar-refractivity contribution in [3.05, 3.63) is 35.0 Å². The largest absolute Gasteiger partial charge is 0.475 e. The van der Waals surface area contributed by atoms with Gasteiger partial charge in [0.15, 0.2) is 0 Å². The topological polar surface area (TPSA) is 59.3 Å². The first kappa shape index (κ1) is 12.4. The van der Waals surface area contributed by atoms with Crippen LogP contribution in [-0.4, -0.2) is 21.4 Å². The maximum Gasteiger partial charge on any atom is 0.377 e. The van der Waals surface area contributed by atoms with Crippen molar-refractivity contribution in [3.8, 4) is 0 Å². The highest BCUT2D eigenvalue weighted by Crippen LogP contribution is 2.27. The minimum absolute atomic E-state index is 0.308. The number of rotatable bonds is 3. The monoisotopic (exact) mass is 245 g/mol. The van der Waals surface area contributed by atoms with Gasteiger partial charge < -0.3 is 9.67 Å². The summed E-state index contributed by atoms with van der Waals surface area (Å²) >= 11 is 0. The lowest BCUT2D eigenvalue weighted by Gasteiger charge is -2.03. The van der Waals surface area contributed by atoms with Gasteiger partial charge in [0.25, 0.3) is 5.78 Å². The minimum Gasteiger partial charge on any atom is -0.475 e. The molecule has 0 atom stereocenters. The molecule has 0 fully saturated rings. The van der Waals surface area contributed by atoms with E-state index in [-0.39, 0.29) is 0 Å². The molecule has 1 aromatic carbocycles. The van der Waals surface area contributed by atoms with Crippen LogP contribution in [0.5, 0.6) is 0 Å². The third kappa shape index (κ3) is 1.70. The highest BCUT2D eigenvalue weighted by Gasteiger charge is 2.24. The molecule has 0 saturated heterocycles. The number of carbonyl (C=O) groups excluding carboxylic acids is 1. The van der Waals surface area contributed by atoms with Gasteiger partial charge in [0.1, 0.15) is 0 Å². The second kappa shape index (κ2) is 4.29. The number of aryl methyl sites for hydroxylation is 2. The fraction of sp³-hybridized carbons (Fsp3) is 0.286. The first-order valence-electron chi connectivity index (χ1n) is 5.84. The van der Waals surface area contributed by atoms with E-state index in [1.807, 2.05) is 36.6 Å². The molecule has 1 heterocycles. The quantitative estimate of drug-likeness (QED) is 0.667. The van der Waals surface area contributed by atoms with Gasteiger partial charge >= 0.3 is 5.97 Å². The lowest BCUT2D eigenvalue weighted by molar-refractivity contribution is -0.131.